The lowest BCUT2D eigenvalue weighted by Crippen LogP contribution is -2.12. The summed E-state index contributed by atoms with van der Waals surface area (Å²) in [5.74, 6) is 0. The van der Waals surface area contributed by atoms with Gasteiger partial charge in [0.1, 0.15) is 0 Å². The van der Waals surface area contributed by atoms with Crippen LogP contribution in [0.15, 0.2) is 35.2 Å². The van der Waals surface area contributed by atoms with Crippen molar-refractivity contribution < 1.29 is 13.2 Å². The molecule has 0 unspecified atom stereocenters. The van der Waals surface area contributed by atoms with Gasteiger partial charge in [-0.2, -0.15) is 13.2 Å². The zero-order chi connectivity index (χ0) is 14.2. The molecule has 1 aromatic heterocycles. The highest BCUT2D eigenvalue weighted by atomic mass is 79.9. The molecule has 0 amide bonds. The molecule has 0 bridgehead atoms. The fraction of sp³-hybridized carbons (Fsp3) is 0.250. The zero-order valence-corrected chi connectivity index (χ0v) is 11.5. The fourth-order valence-corrected chi connectivity index (χ4v) is 2.22. The van der Waals surface area contributed by atoms with Crippen molar-refractivity contribution in [1.29, 1.82) is 0 Å². The van der Waals surface area contributed by atoms with Gasteiger partial charge in [-0.05, 0) is 25.1 Å². The molecular formula is C12H11BrF3N3. The Labute approximate surface area is 116 Å². The van der Waals surface area contributed by atoms with E-state index in [-0.39, 0.29) is 6.04 Å². The van der Waals surface area contributed by atoms with Crippen LogP contribution in [0, 0.1) is 0 Å². The van der Waals surface area contributed by atoms with E-state index in [0.717, 1.165) is 12.1 Å². The molecule has 2 N–H and O–H groups in total. The van der Waals surface area contributed by atoms with Gasteiger partial charge in [0.05, 0.1) is 23.8 Å². The van der Waals surface area contributed by atoms with E-state index in [1.807, 2.05) is 0 Å². The van der Waals surface area contributed by atoms with Crippen LogP contribution in [0.5, 0.6) is 0 Å². The summed E-state index contributed by atoms with van der Waals surface area (Å²) in [6.45, 7) is 1.75. The predicted octanol–water partition coefficient (Wildman–Crippen LogP) is 3.67. The van der Waals surface area contributed by atoms with Crippen LogP contribution in [0.1, 0.15) is 24.2 Å². The molecule has 0 spiro atoms. The minimum absolute atomic E-state index is 0.323. The number of hydrogen-bond acceptors (Lipinski definition) is 2. The summed E-state index contributed by atoms with van der Waals surface area (Å²) in [6.07, 6.45) is -1.41. The topological polar surface area (TPSA) is 43.8 Å². The van der Waals surface area contributed by atoms with E-state index < -0.39 is 11.7 Å². The average Bonchev–Trinajstić information content (AvgIpc) is 2.75. The van der Waals surface area contributed by atoms with E-state index in [0.29, 0.717) is 15.9 Å². The Hall–Kier alpha value is -1.34. The van der Waals surface area contributed by atoms with Crippen LogP contribution in [-0.4, -0.2) is 9.55 Å². The van der Waals surface area contributed by atoms with Crippen molar-refractivity contribution in [3.8, 4) is 5.69 Å². The van der Waals surface area contributed by atoms with Crippen LogP contribution in [-0.2, 0) is 6.18 Å². The number of alkyl halides is 3. The Morgan fingerprint density at radius 1 is 1.32 bits per heavy atom. The van der Waals surface area contributed by atoms with Crippen molar-refractivity contribution in [3.05, 3.63) is 46.5 Å². The molecule has 1 heterocycles. The lowest BCUT2D eigenvalue weighted by atomic mass is 10.2. The van der Waals surface area contributed by atoms with Crippen LogP contribution in [0.3, 0.4) is 0 Å². The van der Waals surface area contributed by atoms with Gasteiger partial charge < -0.3 is 10.3 Å². The van der Waals surface area contributed by atoms with E-state index in [4.69, 9.17) is 5.73 Å². The van der Waals surface area contributed by atoms with Gasteiger partial charge in [-0.3, -0.25) is 0 Å². The van der Waals surface area contributed by atoms with Crippen LogP contribution in [0.4, 0.5) is 13.2 Å². The zero-order valence-electron chi connectivity index (χ0n) is 9.95. The van der Waals surface area contributed by atoms with Crippen LogP contribution < -0.4 is 5.73 Å². The molecule has 0 saturated carbocycles. The Balaban J connectivity index is 2.57. The molecule has 19 heavy (non-hydrogen) atoms. The normalized spacial score (nSPS) is 13.6. The number of aromatic nitrogens is 2. The van der Waals surface area contributed by atoms with E-state index in [9.17, 15) is 13.2 Å². The molecule has 2 aromatic rings. The molecule has 102 valence electrons. The van der Waals surface area contributed by atoms with E-state index in [2.05, 4.69) is 20.9 Å². The number of imidazole rings is 1. The monoisotopic (exact) mass is 333 g/mol. The quantitative estimate of drug-likeness (QED) is 0.911. The highest BCUT2D eigenvalue weighted by Crippen LogP contribution is 2.33. The maximum absolute atomic E-state index is 12.8. The molecule has 0 saturated heterocycles. The van der Waals surface area contributed by atoms with Crippen molar-refractivity contribution in [2.75, 3.05) is 0 Å². The first-order chi connectivity index (χ1) is 8.79. The fourth-order valence-electron chi connectivity index (χ4n) is 1.73. The smallest absolute Gasteiger partial charge is 0.323 e. The summed E-state index contributed by atoms with van der Waals surface area (Å²) >= 11 is 3.09. The maximum atomic E-state index is 12.8. The number of benzene rings is 1. The highest BCUT2D eigenvalue weighted by molar-refractivity contribution is 9.10. The maximum Gasteiger partial charge on any atom is 0.416 e. The summed E-state index contributed by atoms with van der Waals surface area (Å²) in [6, 6.07) is 3.36. The Kier molecular flexibility index (Phi) is 3.69. The summed E-state index contributed by atoms with van der Waals surface area (Å²) in [5.41, 5.74) is 6.05. The molecule has 0 aliphatic heterocycles. The van der Waals surface area contributed by atoms with Gasteiger partial charge in [-0.1, -0.05) is 15.9 Å². The molecule has 1 atom stereocenters. The van der Waals surface area contributed by atoms with Crippen molar-refractivity contribution in [2.24, 2.45) is 5.73 Å². The number of nitrogens with zero attached hydrogens (tertiary/aromatic N) is 2. The lowest BCUT2D eigenvalue weighted by Gasteiger charge is -2.14. The molecule has 0 aliphatic carbocycles. The minimum atomic E-state index is -4.40. The Morgan fingerprint density at radius 2 is 2.00 bits per heavy atom. The van der Waals surface area contributed by atoms with Gasteiger partial charge in [0, 0.05) is 16.2 Å². The molecule has 3 nitrogen and oxygen atoms in total. The van der Waals surface area contributed by atoms with Gasteiger partial charge in [0.25, 0.3) is 0 Å². The van der Waals surface area contributed by atoms with Crippen LogP contribution >= 0.6 is 15.9 Å². The third-order valence-electron chi connectivity index (χ3n) is 2.62. The number of halogens is 4. The van der Waals surface area contributed by atoms with E-state index >= 15 is 0 Å². The third-order valence-corrected chi connectivity index (χ3v) is 3.08. The molecule has 0 radical (unpaired) electrons. The number of hydrogen-bond donors (Lipinski definition) is 1. The van der Waals surface area contributed by atoms with Crippen LogP contribution in [0.2, 0.25) is 0 Å². The van der Waals surface area contributed by atoms with Crippen molar-refractivity contribution in [2.45, 2.75) is 19.1 Å². The highest BCUT2D eigenvalue weighted by Gasteiger charge is 2.31. The van der Waals surface area contributed by atoms with Crippen molar-refractivity contribution >= 4 is 15.9 Å². The van der Waals surface area contributed by atoms with Gasteiger partial charge in [0.15, 0.2) is 0 Å². The van der Waals surface area contributed by atoms with Gasteiger partial charge >= 0.3 is 6.18 Å². The van der Waals surface area contributed by atoms with E-state index in [1.54, 1.807) is 23.8 Å². The summed E-state index contributed by atoms with van der Waals surface area (Å²) in [5, 5.41) is 0. The second kappa shape index (κ2) is 4.97. The van der Waals surface area contributed by atoms with Gasteiger partial charge in [0.2, 0.25) is 0 Å². The molecule has 2 rings (SSSR count). The summed E-state index contributed by atoms with van der Waals surface area (Å²) in [4.78, 5) is 3.93. The lowest BCUT2D eigenvalue weighted by molar-refractivity contribution is -0.137. The predicted molar refractivity (Wildman–Crippen MR) is 68.9 cm³/mol. The minimum Gasteiger partial charge on any atom is -0.323 e. The SMILES string of the molecule is C[C@H](N)c1cncn1-c1cc(Br)cc(C(F)(F)F)c1. The van der Waals surface area contributed by atoms with Crippen molar-refractivity contribution in [3.63, 3.8) is 0 Å². The Morgan fingerprint density at radius 3 is 2.58 bits per heavy atom. The van der Waals surface area contributed by atoms with Crippen LogP contribution in [0.25, 0.3) is 5.69 Å². The molecule has 7 heteroatoms. The first-order valence-corrected chi connectivity index (χ1v) is 6.24. The van der Waals surface area contributed by atoms with Gasteiger partial charge in [-0.25, -0.2) is 4.98 Å². The second-order valence-corrected chi connectivity index (χ2v) is 5.09. The molecule has 0 fully saturated rings. The Bertz CT molecular complexity index is 590. The first-order valence-electron chi connectivity index (χ1n) is 5.45. The largest absolute Gasteiger partial charge is 0.416 e. The van der Waals surface area contributed by atoms with Gasteiger partial charge in [-0.15, -0.1) is 0 Å². The summed E-state index contributed by atoms with van der Waals surface area (Å²) in [7, 11) is 0. The molecule has 1 aromatic carbocycles. The van der Waals surface area contributed by atoms with E-state index in [1.165, 1.54) is 6.33 Å². The third kappa shape index (κ3) is 2.98. The number of nitrogens with two attached hydrogens (primary N) is 1. The number of rotatable bonds is 2. The summed E-state index contributed by atoms with van der Waals surface area (Å²) < 4.78 is 40.2. The van der Waals surface area contributed by atoms with Crippen molar-refractivity contribution in [1.82, 2.24) is 9.55 Å². The standard InChI is InChI=1S/C12H11BrF3N3/c1-7(17)11-5-18-6-19(11)10-3-8(12(14,15)16)2-9(13)4-10/h2-7H,17H2,1H3/t7-/m0/s1. The second-order valence-electron chi connectivity index (χ2n) is 4.17. The molecular weight excluding hydrogens is 323 g/mol. The average molecular weight is 334 g/mol. The molecule has 0 aliphatic rings. The first kappa shape index (κ1) is 14.1.